The second-order valence-electron chi connectivity index (χ2n) is 8.78. The van der Waals surface area contributed by atoms with E-state index in [1.54, 1.807) is 12.1 Å². The molecule has 0 aliphatic heterocycles. The van der Waals surface area contributed by atoms with Gasteiger partial charge in [-0.05, 0) is 55.3 Å². The molecule has 1 fully saturated rings. The van der Waals surface area contributed by atoms with Crippen molar-refractivity contribution in [1.29, 1.82) is 0 Å². The second kappa shape index (κ2) is 8.91. The van der Waals surface area contributed by atoms with E-state index in [-0.39, 0.29) is 18.0 Å². The number of rotatable bonds is 4. The lowest BCUT2D eigenvalue weighted by Gasteiger charge is -2.36. The lowest BCUT2D eigenvalue weighted by Crippen LogP contribution is -2.42. The Morgan fingerprint density at radius 3 is 2.47 bits per heavy atom. The summed E-state index contributed by atoms with van der Waals surface area (Å²) in [7, 11) is 1.85. The van der Waals surface area contributed by atoms with Crippen molar-refractivity contribution in [2.45, 2.75) is 43.9 Å². The minimum atomic E-state index is -4.51. The third-order valence-corrected chi connectivity index (χ3v) is 7.71. The number of benzene rings is 2. The molecular weight excluding hydrogens is 459 g/mol. The first-order chi connectivity index (χ1) is 16.3. The van der Waals surface area contributed by atoms with E-state index in [2.05, 4.69) is 10.3 Å². The number of hydrogen-bond donors (Lipinski definition) is 1. The van der Waals surface area contributed by atoms with Crippen LogP contribution < -0.4 is 10.2 Å². The first-order valence-electron chi connectivity index (χ1n) is 11.3. The maximum Gasteiger partial charge on any atom is 0.433 e. The number of halogens is 3. The predicted molar refractivity (Wildman–Crippen MR) is 130 cm³/mol. The van der Waals surface area contributed by atoms with Crippen LogP contribution in [0.3, 0.4) is 0 Å². The van der Waals surface area contributed by atoms with Crippen molar-refractivity contribution in [3.8, 4) is 0 Å². The van der Waals surface area contributed by atoms with Crippen LogP contribution in [-0.2, 0) is 6.18 Å². The molecular formula is C26H24F3N3OS. The van der Waals surface area contributed by atoms with Crippen LogP contribution in [0.25, 0.3) is 21.0 Å². The topological polar surface area (TPSA) is 45.2 Å². The molecule has 0 radical (unpaired) electrons. The molecule has 0 spiro atoms. The molecule has 1 aliphatic carbocycles. The largest absolute Gasteiger partial charge is 0.433 e. The van der Waals surface area contributed by atoms with Crippen molar-refractivity contribution in [3.63, 3.8) is 0 Å². The average molecular weight is 484 g/mol. The fraction of sp³-hybridized carbons (Fsp3) is 0.308. The first kappa shape index (κ1) is 22.7. The van der Waals surface area contributed by atoms with Gasteiger partial charge in [0.15, 0.2) is 0 Å². The highest BCUT2D eigenvalue weighted by molar-refractivity contribution is 7.20. The lowest BCUT2D eigenvalue weighted by molar-refractivity contribution is -0.140. The van der Waals surface area contributed by atoms with Crippen molar-refractivity contribution in [3.05, 3.63) is 71.2 Å². The van der Waals surface area contributed by atoms with E-state index < -0.39 is 11.9 Å². The molecule has 4 nitrogen and oxygen atoms in total. The number of carbonyl (C=O) groups is 1. The van der Waals surface area contributed by atoms with Gasteiger partial charge in [0.05, 0.1) is 10.4 Å². The van der Waals surface area contributed by atoms with E-state index in [0.29, 0.717) is 21.5 Å². The van der Waals surface area contributed by atoms with Gasteiger partial charge in [0.25, 0.3) is 5.91 Å². The first-order valence-corrected chi connectivity index (χ1v) is 12.1. The Labute approximate surface area is 199 Å². The Morgan fingerprint density at radius 2 is 1.74 bits per heavy atom. The van der Waals surface area contributed by atoms with Crippen LogP contribution in [0.1, 0.15) is 41.0 Å². The summed E-state index contributed by atoms with van der Waals surface area (Å²) in [6, 6.07) is 18.1. The summed E-state index contributed by atoms with van der Waals surface area (Å²) in [6.45, 7) is 0. The van der Waals surface area contributed by atoms with Crippen LogP contribution in [0.15, 0.2) is 60.7 Å². The van der Waals surface area contributed by atoms with Crippen LogP contribution >= 0.6 is 11.3 Å². The zero-order valence-electron chi connectivity index (χ0n) is 18.6. The molecule has 2 aromatic heterocycles. The van der Waals surface area contributed by atoms with Gasteiger partial charge in [-0.3, -0.25) is 4.79 Å². The number of carbonyl (C=O) groups excluding carboxylic acids is 1. The van der Waals surface area contributed by atoms with Crippen molar-refractivity contribution in [2.24, 2.45) is 0 Å². The average Bonchev–Trinajstić information content (AvgIpc) is 3.27. The minimum Gasteiger partial charge on any atom is -0.371 e. The number of fused-ring (bicyclic) bond motifs is 2. The SMILES string of the molecule is CN(c1cc(C(F)(F)F)nc2ccccc12)[C@H]1CC[C@@H](NC(=O)c2cc3ccccc3s2)CC1. The van der Waals surface area contributed by atoms with Gasteiger partial charge in [-0.15, -0.1) is 11.3 Å². The maximum absolute atomic E-state index is 13.5. The number of anilines is 1. The highest BCUT2D eigenvalue weighted by atomic mass is 32.1. The summed E-state index contributed by atoms with van der Waals surface area (Å²) >= 11 is 1.48. The molecule has 1 N–H and O–H groups in total. The molecule has 2 heterocycles. The number of para-hydroxylation sites is 1. The van der Waals surface area contributed by atoms with E-state index in [4.69, 9.17) is 0 Å². The highest BCUT2D eigenvalue weighted by Crippen LogP contribution is 2.36. The monoisotopic (exact) mass is 483 g/mol. The molecule has 5 rings (SSSR count). The Hall–Kier alpha value is -3.13. The van der Waals surface area contributed by atoms with Crippen LogP contribution in [0.5, 0.6) is 0 Å². The number of pyridine rings is 1. The van der Waals surface area contributed by atoms with Crippen LogP contribution in [0.2, 0.25) is 0 Å². The summed E-state index contributed by atoms with van der Waals surface area (Å²) in [5, 5.41) is 4.92. The highest BCUT2D eigenvalue weighted by Gasteiger charge is 2.34. The summed E-state index contributed by atoms with van der Waals surface area (Å²) in [5.41, 5.74) is -0.00326. The van der Waals surface area contributed by atoms with E-state index in [1.807, 2.05) is 54.4 Å². The number of nitrogens with zero attached hydrogens (tertiary/aromatic N) is 2. The second-order valence-corrected chi connectivity index (χ2v) is 9.86. The normalized spacial score (nSPS) is 18.8. The Kier molecular flexibility index (Phi) is 5.93. The summed E-state index contributed by atoms with van der Waals surface area (Å²) < 4.78 is 41.5. The maximum atomic E-state index is 13.5. The molecule has 1 aliphatic rings. The number of thiophene rings is 1. The molecule has 1 amide bonds. The van der Waals surface area contributed by atoms with Crippen molar-refractivity contribution < 1.29 is 18.0 Å². The van der Waals surface area contributed by atoms with Crippen molar-refractivity contribution in [1.82, 2.24) is 10.3 Å². The zero-order valence-corrected chi connectivity index (χ0v) is 19.4. The number of hydrogen-bond acceptors (Lipinski definition) is 4. The van der Waals surface area contributed by atoms with Gasteiger partial charge in [0.1, 0.15) is 5.69 Å². The molecule has 4 aromatic rings. The van der Waals surface area contributed by atoms with Gasteiger partial charge in [0.2, 0.25) is 0 Å². The Balaban J connectivity index is 1.28. The van der Waals surface area contributed by atoms with E-state index >= 15 is 0 Å². The number of alkyl halides is 3. The molecule has 0 bridgehead atoms. The molecule has 176 valence electrons. The molecule has 0 unspecified atom stereocenters. The molecule has 1 saturated carbocycles. The molecule has 34 heavy (non-hydrogen) atoms. The fourth-order valence-corrected chi connectivity index (χ4v) is 5.71. The Morgan fingerprint density at radius 1 is 1.03 bits per heavy atom. The molecule has 0 saturated heterocycles. The number of nitrogens with one attached hydrogen (secondary N) is 1. The standard InChI is InChI=1S/C26H24F3N3OS/c1-32(21-15-24(26(27,28)29)31-20-8-4-3-7-19(20)21)18-12-10-17(11-13-18)30-25(33)23-14-16-6-2-5-9-22(16)34-23/h2-9,14-15,17-18H,10-13H2,1H3,(H,30,33)/t17-,18+. The minimum absolute atomic E-state index is 0.0577. The van der Waals surface area contributed by atoms with Crippen molar-refractivity contribution >= 4 is 43.9 Å². The number of amides is 1. The van der Waals surface area contributed by atoms with Gasteiger partial charge >= 0.3 is 6.18 Å². The number of aromatic nitrogens is 1. The van der Waals surface area contributed by atoms with E-state index in [1.165, 1.54) is 11.3 Å². The van der Waals surface area contributed by atoms with Gasteiger partial charge < -0.3 is 10.2 Å². The van der Waals surface area contributed by atoms with Gasteiger partial charge in [0, 0.05) is 34.9 Å². The third-order valence-electron chi connectivity index (χ3n) is 6.59. The summed E-state index contributed by atoms with van der Waals surface area (Å²) in [5.74, 6) is -0.0621. The van der Waals surface area contributed by atoms with Crippen LogP contribution in [0, 0.1) is 0 Å². The lowest BCUT2D eigenvalue weighted by atomic mass is 9.89. The Bertz CT molecular complexity index is 1310. The van der Waals surface area contributed by atoms with Gasteiger partial charge in [-0.2, -0.15) is 13.2 Å². The zero-order chi connectivity index (χ0) is 23.9. The van der Waals surface area contributed by atoms with E-state index in [0.717, 1.165) is 41.8 Å². The summed E-state index contributed by atoms with van der Waals surface area (Å²) in [4.78, 5) is 19.2. The quantitative estimate of drug-likeness (QED) is 0.354. The summed E-state index contributed by atoms with van der Waals surface area (Å²) in [6.07, 6.45) is -1.38. The van der Waals surface area contributed by atoms with Crippen LogP contribution in [-0.4, -0.2) is 30.0 Å². The van der Waals surface area contributed by atoms with Gasteiger partial charge in [-0.1, -0.05) is 36.4 Å². The molecule has 2 aromatic carbocycles. The van der Waals surface area contributed by atoms with E-state index in [9.17, 15) is 18.0 Å². The molecule has 8 heteroatoms. The smallest absolute Gasteiger partial charge is 0.371 e. The van der Waals surface area contributed by atoms with Crippen LogP contribution in [0.4, 0.5) is 18.9 Å². The van der Waals surface area contributed by atoms with Crippen molar-refractivity contribution in [2.75, 3.05) is 11.9 Å². The van der Waals surface area contributed by atoms with Gasteiger partial charge in [-0.25, -0.2) is 4.98 Å². The predicted octanol–water partition coefficient (Wildman–Crippen LogP) is 6.65. The molecule has 0 atom stereocenters. The fourth-order valence-electron chi connectivity index (χ4n) is 4.75. The third kappa shape index (κ3) is 4.46.